The van der Waals surface area contributed by atoms with Gasteiger partial charge >= 0.3 is 0 Å². The van der Waals surface area contributed by atoms with Crippen molar-refractivity contribution in [2.75, 3.05) is 0 Å². The van der Waals surface area contributed by atoms with Gasteiger partial charge in [-0.05, 0) is 11.5 Å². The van der Waals surface area contributed by atoms with Gasteiger partial charge in [-0.1, -0.05) is 36.4 Å². The highest BCUT2D eigenvalue weighted by Crippen LogP contribution is 2.21. The van der Waals surface area contributed by atoms with Crippen LogP contribution in [0.2, 0.25) is 0 Å². The Balaban J connectivity index is 2.61. The fraction of sp³-hybridized carbons (Fsp3) is 0. The summed E-state index contributed by atoms with van der Waals surface area (Å²) in [7, 11) is 0. The van der Waals surface area contributed by atoms with Gasteiger partial charge in [0.05, 0.1) is 0 Å². The van der Waals surface area contributed by atoms with Crippen LogP contribution in [0.25, 0.3) is 21.7 Å². The fourth-order valence-electron chi connectivity index (χ4n) is 1.68. The highest BCUT2D eigenvalue weighted by Gasteiger charge is 1.99. The van der Waals surface area contributed by atoms with E-state index in [1.807, 2.05) is 24.3 Å². The van der Waals surface area contributed by atoms with Gasteiger partial charge in [-0.3, -0.25) is 0 Å². The standard InChI is InChI=1S/C12H7N2/c1-2-4-11-9(3-1)5-6-10-7-8-13-14-12(10)11/h1-7H. The molecule has 0 saturated heterocycles. The maximum Gasteiger partial charge on any atom is 0.114 e. The van der Waals surface area contributed by atoms with Gasteiger partial charge in [-0.2, -0.15) is 0 Å². The molecule has 1 radical (unpaired) electrons. The van der Waals surface area contributed by atoms with Crippen molar-refractivity contribution < 1.29 is 0 Å². The Morgan fingerprint density at radius 2 is 1.79 bits per heavy atom. The highest BCUT2D eigenvalue weighted by atomic mass is 15.1. The molecule has 2 aromatic carbocycles. The summed E-state index contributed by atoms with van der Waals surface area (Å²) in [6.45, 7) is 0. The lowest BCUT2D eigenvalue weighted by Crippen LogP contribution is -1.84. The van der Waals surface area contributed by atoms with Crippen molar-refractivity contribution in [3.63, 3.8) is 0 Å². The summed E-state index contributed by atoms with van der Waals surface area (Å²) in [5, 5.41) is 11.3. The SMILES string of the molecule is [c]1cc2ccc3ccccc3c2nn1. The average molecular weight is 179 g/mol. The predicted molar refractivity (Wildman–Crippen MR) is 55.9 cm³/mol. The molecule has 3 aromatic rings. The van der Waals surface area contributed by atoms with Crippen molar-refractivity contribution in [2.45, 2.75) is 0 Å². The Morgan fingerprint density at radius 1 is 0.929 bits per heavy atom. The molecule has 3 rings (SSSR count). The molecule has 0 bridgehead atoms. The maximum atomic E-state index is 4.10. The average Bonchev–Trinajstić information content (AvgIpc) is 2.29. The number of nitrogens with zero attached hydrogens (tertiary/aromatic N) is 2. The van der Waals surface area contributed by atoms with Crippen LogP contribution in [0.5, 0.6) is 0 Å². The molecule has 0 aliphatic rings. The van der Waals surface area contributed by atoms with Crippen LogP contribution >= 0.6 is 0 Å². The van der Waals surface area contributed by atoms with Gasteiger partial charge in [0, 0.05) is 10.8 Å². The van der Waals surface area contributed by atoms with E-state index in [-0.39, 0.29) is 0 Å². The summed E-state index contributed by atoms with van der Waals surface area (Å²) in [6, 6.07) is 14.2. The summed E-state index contributed by atoms with van der Waals surface area (Å²) in [5.41, 5.74) is 0.946. The number of hydrogen-bond donors (Lipinski definition) is 0. The Morgan fingerprint density at radius 3 is 2.79 bits per heavy atom. The van der Waals surface area contributed by atoms with Crippen LogP contribution in [0.4, 0.5) is 0 Å². The monoisotopic (exact) mass is 179 g/mol. The zero-order chi connectivity index (χ0) is 9.38. The van der Waals surface area contributed by atoms with E-state index in [0.717, 1.165) is 16.3 Å². The van der Waals surface area contributed by atoms with Gasteiger partial charge in [0.15, 0.2) is 0 Å². The molecule has 0 aliphatic heterocycles. The smallest absolute Gasteiger partial charge is 0.114 e. The third-order valence-corrected chi connectivity index (χ3v) is 2.36. The lowest BCUT2D eigenvalue weighted by atomic mass is 10.1. The van der Waals surface area contributed by atoms with Crippen LogP contribution in [0.3, 0.4) is 0 Å². The van der Waals surface area contributed by atoms with Crippen molar-refractivity contribution in [1.82, 2.24) is 10.2 Å². The Bertz CT molecular complexity index is 547. The number of aromatic nitrogens is 2. The molecular weight excluding hydrogens is 172 g/mol. The first-order chi connectivity index (χ1) is 6.95. The first-order valence-corrected chi connectivity index (χ1v) is 4.46. The predicted octanol–water partition coefficient (Wildman–Crippen LogP) is 2.58. The third kappa shape index (κ3) is 0.973. The highest BCUT2D eigenvalue weighted by molar-refractivity contribution is 6.04. The molecule has 1 aromatic heterocycles. The van der Waals surface area contributed by atoms with Crippen molar-refractivity contribution >= 4 is 21.7 Å². The van der Waals surface area contributed by atoms with Crippen LogP contribution in [-0.4, -0.2) is 10.2 Å². The Labute approximate surface area is 81.2 Å². The minimum Gasteiger partial charge on any atom is -0.149 e. The van der Waals surface area contributed by atoms with Crippen molar-refractivity contribution in [2.24, 2.45) is 0 Å². The summed E-state index contributed by atoms with van der Waals surface area (Å²) in [4.78, 5) is 0. The quantitative estimate of drug-likeness (QED) is 0.496. The van der Waals surface area contributed by atoms with Gasteiger partial charge in [0.25, 0.3) is 0 Å². The molecule has 65 valence electrons. The first-order valence-electron chi connectivity index (χ1n) is 4.46. The molecule has 0 atom stereocenters. The van der Waals surface area contributed by atoms with Crippen molar-refractivity contribution in [1.29, 1.82) is 0 Å². The van der Waals surface area contributed by atoms with Crippen LogP contribution < -0.4 is 0 Å². The summed E-state index contributed by atoms with van der Waals surface area (Å²) >= 11 is 0. The zero-order valence-electron chi connectivity index (χ0n) is 7.44. The molecule has 0 fully saturated rings. The number of fused-ring (bicyclic) bond motifs is 3. The first kappa shape index (κ1) is 7.44. The number of rotatable bonds is 0. The molecule has 1 heterocycles. The van der Waals surface area contributed by atoms with Crippen LogP contribution in [0.15, 0.2) is 42.5 Å². The normalized spacial score (nSPS) is 10.9. The molecule has 2 heteroatoms. The summed E-state index contributed by atoms with van der Waals surface area (Å²) < 4.78 is 0. The molecule has 0 amide bonds. The second-order valence-corrected chi connectivity index (χ2v) is 3.20. The molecule has 0 saturated carbocycles. The van der Waals surface area contributed by atoms with Gasteiger partial charge in [-0.25, -0.2) is 0 Å². The Hall–Kier alpha value is -1.96. The van der Waals surface area contributed by atoms with Gasteiger partial charge < -0.3 is 0 Å². The molecule has 0 spiro atoms. The van der Waals surface area contributed by atoms with E-state index < -0.39 is 0 Å². The lowest BCUT2D eigenvalue weighted by molar-refractivity contribution is 1.07. The minimum absolute atomic E-state index is 0.946. The van der Waals surface area contributed by atoms with Gasteiger partial charge in [0.2, 0.25) is 0 Å². The van der Waals surface area contributed by atoms with Crippen LogP contribution in [0, 0.1) is 6.20 Å². The molecule has 0 aliphatic carbocycles. The second-order valence-electron chi connectivity index (χ2n) is 3.20. The topological polar surface area (TPSA) is 25.8 Å². The third-order valence-electron chi connectivity index (χ3n) is 2.36. The number of benzene rings is 2. The second kappa shape index (κ2) is 2.77. The van der Waals surface area contributed by atoms with Crippen molar-refractivity contribution in [3.8, 4) is 0 Å². The van der Waals surface area contributed by atoms with E-state index in [9.17, 15) is 0 Å². The van der Waals surface area contributed by atoms with E-state index in [4.69, 9.17) is 0 Å². The largest absolute Gasteiger partial charge is 0.149 e. The van der Waals surface area contributed by atoms with E-state index in [1.165, 1.54) is 5.39 Å². The Kier molecular flexibility index (Phi) is 1.47. The van der Waals surface area contributed by atoms with Crippen LogP contribution in [-0.2, 0) is 0 Å². The van der Waals surface area contributed by atoms with E-state index in [1.54, 1.807) is 0 Å². The maximum absolute atomic E-state index is 4.10. The van der Waals surface area contributed by atoms with Gasteiger partial charge in [-0.15, -0.1) is 10.2 Å². The minimum atomic E-state index is 0.946. The molecule has 0 unspecified atom stereocenters. The molecular formula is C12H7N2. The van der Waals surface area contributed by atoms with E-state index in [2.05, 4.69) is 34.6 Å². The van der Waals surface area contributed by atoms with E-state index in [0.29, 0.717) is 0 Å². The summed E-state index contributed by atoms with van der Waals surface area (Å²) in [6.07, 6.45) is 2.74. The number of hydrogen-bond acceptors (Lipinski definition) is 2. The van der Waals surface area contributed by atoms with Gasteiger partial charge in [0.1, 0.15) is 11.7 Å². The summed E-state index contributed by atoms with van der Waals surface area (Å²) in [5.74, 6) is 0. The lowest BCUT2D eigenvalue weighted by Gasteiger charge is -2.00. The van der Waals surface area contributed by atoms with E-state index >= 15 is 0 Å². The molecule has 0 N–H and O–H groups in total. The van der Waals surface area contributed by atoms with Crippen molar-refractivity contribution in [3.05, 3.63) is 48.7 Å². The van der Waals surface area contributed by atoms with Crippen LogP contribution in [0.1, 0.15) is 0 Å². The zero-order valence-corrected chi connectivity index (χ0v) is 7.44. The molecule has 14 heavy (non-hydrogen) atoms. The molecule has 2 nitrogen and oxygen atoms in total. The fourth-order valence-corrected chi connectivity index (χ4v) is 1.68.